The minimum Gasteiger partial charge on any atom is -0.493 e. The topological polar surface area (TPSA) is 38.3 Å². The van der Waals surface area contributed by atoms with E-state index in [1.165, 1.54) is 0 Å². The normalized spacial score (nSPS) is 19.2. The first-order chi connectivity index (χ1) is 9.22. The molecule has 2 unspecified atom stereocenters. The Balaban J connectivity index is 2.00. The number of carbonyl (C=O) groups excluding carboxylic acids is 1. The molecule has 1 aromatic rings. The Bertz CT molecular complexity index is 436. The lowest BCUT2D eigenvalue weighted by atomic mass is 9.92. The van der Waals surface area contributed by atoms with Gasteiger partial charge in [-0.25, -0.2) is 0 Å². The Hall–Kier alpha value is -1.22. The Kier molecular flexibility index (Phi) is 5.08. The fourth-order valence-electron chi connectivity index (χ4n) is 2.41. The van der Waals surface area contributed by atoms with Crippen LogP contribution in [0.15, 0.2) is 24.3 Å². The quantitative estimate of drug-likeness (QED) is 0.843. The molecule has 104 valence electrons. The molecule has 0 spiro atoms. The first kappa shape index (κ1) is 14.2. The largest absolute Gasteiger partial charge is 0.493 e. The minimum atomic E-state index is -0.0941. The van der Waals surface area contributed by atoms with Crippen molar-refractivity contribution in [3.8, 4) is 5.75 Å². The molecule has 1 aromatic carbocycles. The van der Waals surface area contributed by atoms with Gasteiger partial charge >= 0.3 is 0 Å². The maximum Gasteiger partial charge on any atom is 0.228 e. The second-order valence-corrected chi connectivity index (χ2v) is 5.35. The molecule has 0 aromatic heterocycles. The van der Waals surface area contributed by atoms with Gasteiger partial charge in [0.1, 0.15) is 5.75 Å². The van der Waals surface area contributed by atoms with Gasteiger partial charge in [0.2, 0.25) is 5.91 Å². The van der Waals surface area contributed by atoms with Crippen LogP contribution in [-0.2, 0) is 4.79 Å². The smallest absolute Gasteiger partial charge is 0.228 e. The van der Waals surface area contributed by atoms with Crippen molar-refractivity contribution in [1.29, 1.82) is 0 Å². The number of amides is 1. The second kappa shape index (κ2) is 6.80. The molecule has 0 saturated heterocycles. The predicted molar refractivity (Wildman–Crippen MR) is 76.9 cm³/mol. The second-order valence-electron chi connectivity index (χ2n) is 4.97. The van der Waals surface area contributed by atoms with Gasteiger partial charge in [0.05, 0.1) is 12.5 Å². The highest BCUT2D eigenvalue weighted by Crippen LogP contribution is 2.33. The molecule has 2 rings (SSSR count). The number of hydrogen-bond donors (Lipinski definition) is 1. The summed E-state index contributed by atoms with van der Waals surface area (Å²) in [7, 11) is 0. The van der Waals surface area contributed by atoms with E-state index >= 15 is 0 Å². The predicted octanol–water partition coefficient (Wildman–Crippen LogP) is 3.08. The molecule has 4 heteroatoms. The van der Waals surface area contributed by atoms with Crippen LogP contribution in [0.1, 0.15) is 37.7 Å². The van der Waals surface area contributed by atoms with E-state index in [4.69, 9.17) is 16.3 Å². The van der Waals surface area contributed by atoms with Crippen LogP contribution < -0.4 is 10.1 Å². The first-order valence-electron chi connectivity index (χ1n) is 6.80. The average molecular weight is 282 g/mol. The van der Waals surface area contributed by atoms with Gasteiger partial charge in [-0.05, 0) is 32.3 Å². The summed E-state index contributed by atoms with van der Waals surface area (Å²) in [5.74, 6) is 1.48. The summed E-state index contributed by atoms with van der Waals surface area (Å²) < 4.78 is 5.58. The Morgan fingerprint density at radius 2 is 2.32 bits per heavy atom. The zero-order valence-corrected chi connectivity index (χ0v) is 12.0. The first-order valence-corrected chi connectivity index (χ1v) is 7.34. The van der Waals surface area contributed by atoms with Gasteiger partial charge in [-0.2, -0.15) is 0 Å². The molecule has 0 bridgehead atoms. The Morgan fingerprint density at radius 1 is 1.53 bits per heavy atom. The van der Waals surface area contributed by atoms with Crippen molar-refractivity contribution in [2.75, 3.05) is 12.5 Å². The van der Waals surface area contributed by atoms with Gasteiger partial charge in [0, 0.05) is 17.5 Å². The third-order valence-corrected chi connectivity index (χ3v) is 3.70. The van der Waals surface area contributed by atoms with Crippen LogP contribution in [0.25, 0.3) is 0 Å². The SMILES string of the molecule is CC(CCCCl)NC(=O)C1CCOc2ccccc21. The van der Waals surface area contributed by atoms with E-state index in [2.05, 4.69) is 5.32 Å². The number of halogens is 1. The van der Waals surface area contributed by atoms with E-state index in [0.29, 0.717) is 12.5 Å². The highest BCUT2D eigenvalue weighted by Gasteiger charge is 2.27. The molecule has 0 saturated carbocycles. The molecular weight excluding hydrogens is 262 g/mol. The number of ether oxygens (including phenoxy) is 1. The summed E-state index contributed by atoms with van der Waals surface area (Å²) in [4.78, 5) is 12.3. The summed E-state index contributed by atoms with van der Waals surface area (Å²) in [6.45, 7) is 2.63. The summed E-state index contributed by atoms with van der Waals surface area (Å²) in [5, 5.41) is 3.07. The fourth-order valence-corrected chi connectivity index (χ4v) is 2.57. The molecule has 1 N–H and O–H groups in total. The monoisotopic (exact) mass is 281 g/mol. The zero-order valence-electron chi connectivity index (χ0n) is 11.2. The Morgan fingerprint density at radius 3 is 3.11 bits per heavy atom. The van der Waals surface area contributed by atoms with Gasteiger partial charge in [-0.1, -0.05) is 18.2 Å². The molecule has 1 aliphatic rings. The van der Waals surface area contributed by atoms with Gasteiger partial charge < -0.3 is 10.1 Å². The molecule has 1 aliphatic heterocycles. The van der Waals surface area contributed by atoms with E-state index < -0.39 is 0 Å². The Labute approximate surface area is 119 Å². The van der Waals surface area contributed by atoms with E-state index in [1.54, 1.807) is 0 Å². The van der Waals surface area contributed by atoms with Crippen LogP contribution >= 0.6 is 11.6 Å². The number of benzene rings is 1. The minimum absolute atomic E-state index is 0.0941. The van der Waals surface area contributed by atoms with Crippen molar-refractivity contribution < 1.29 is 9.53 Å². The highest BCUT2D eigenvalue weighted by atomic mass is 35.5. The molecule has 2 atom stereocenters. The molecule has 0 aliphatic carbocycles. The number of para-hydroxylation sites is 1. The number of hydrogen-bond acceptors (Lipinski definition) is 2. The van der Waals surface area contributed by atoms with E-state index in [1.807, 2.05) is 31.2 Å². The van der Waals surface area contributed by atoms with E-state index in [0.717, 1.165) is 30.6 Å². The number of fused-ring (bicyclic) bond motifs is 1. The highest BCUT2D eigenvalue weighted by molar-refractivity contribution is 6.17. The third-order valence-electron chi connectivity index (χ3n) is 3.43. The lowest BCUT2D eigenvalue weighted by Crippen LogP contribution is -2.38. The van der Waals surface area contributed by atoms with Gasteiger partial charge in [-0.3, -0.25) is 4.79 Å². The summed E-state index contributed by atoms with van der Waals surface area (Å²) >= 11 is 5.67. The van der Waals surface area contributed by atoms with Gasteiger partial charge in [0.15, 0.2) is 0 Å². The van der Waals surface area contributed by atoms with Crippen molar-refractivity contribution in [2.45, 2.75) is 38.1 Å². The van der Waals surface area contributed by atoms with Crippen LogP contribution in [-0.4, -0.2) is 24.4 Å². The van der Waals surface area contributed by atoms with Crippen molar-refractivity contribution in [3.05, 3.63) is 29.8 Å². The molecule has 0 fully saturated rings. The summed E-state index contributed by atoms with van der Waals surface area (Å²) in [6, 6.07) is 7.95. The third kappa shape index (κ3) is 3.63. The molecule has 1 amide bonds. The van der Waals surface area contributed by atoms with Crippen LogP contribution in [0.5, 0.6) is 5.75 Å². The van der Waals surface area contributed by atoms with Crippen molar-refractivity contribution in [3.63, 3.8) is 0 Å². The summed E-state index contributed by atoms with van der Waals surface area (Å²) in [5.41, 5.74) is 0.996. The molecule has 3 nitrogen and oxygen atoms in total. The maximum atomic E-state index is 12.3. The van der Waals surface area contributed by atoms with Crippen LogP contribution in [0.3, 0.4) is 0 Å². The number of rotatable bonds is 5. The molecular formula is C15H20ClNO2. The summed E-state index contributed by atoms with van der Waals surface area (Å²) in [6.07, 6.45) is 2.58. The number of alkyl halides is 1. The standard InChI is InChI=1S/C15H20ClNO2/c1-11(5-4-9-16)17-15(18)13-8-10-19-14-7-3-2-6-12(13)14/h2-3,6-7,11,13H,4-5,8-10H2,1H3,(H,17,18). The van der Waals surface area contributed by atoms with Crippen molar-refractivity contribution in [2.24, 2.45) is 0 Å². The lowest BCUT2D eigenvalue weighted by Gasteiger charge is -2.26. The number of nitrogens with one attached hydrogen (secondary N) is 1. The maximum absolute atomic E-state index is 12.3. The molecule has 1 heterocycles. The van der Waals surface area contributed by atoms with E-state index in [-0.39, 0.29) is 17.9 Å². The van der Waals surface area contributed by atoms with E-state index in [9.17, 15) is 4.79 Å². The van der Waals surface area contributed by atoms with Crippen molar-refractivity contribution in [1.82, 2.24) is 5.32 Å². The average Bonchev–Trinajstić information content (AvgIpc) is 2.44. The van der Waals surface area contributed by atoms with Crippen LogP contribution in [0.4, 0.5) is 0 Å². The number of carbonyl (C=O) groups is 1. The van der Waals surface area contributed by atoms with Crippen LogP contribution in [0, 0.1) is 0 Å². The van der Waals surface area contributed by atoms with Gasteiger partial charge in [-0.15, -0.1) is 11.6 Å². The zero-order chi connectivity index (χ0) is 13.7. The van der Waals surface area contributed by atoms with Gasteiger partial charge in [0.25, 0.3) is 0 Å². The fraction of sp³-hybridized carbons (Fsp3) is 0.533. The van der Waals surface area contributed by atoms with Crippen molar-refractivity contribution >= 4 is 17.5 Å². The molecule has 0 radical (unpaired) electrons. The van der Waals surface area contributed by atoms with Crippen LogP contribution in [0.2, 0.25) is 0 Å². The molecule has 19 heavy (non-hydrogen) atoms. The lowest BCUT2D eigenvalue weighted by molar-refractivity contribution is -0.123.